The zero-order valence-electron chi connectivity index (χ0n) is 10.1. The van der Waals surface area contributed by atoms with E-state index in [1.165, 1.54) is 11.3 Å². The summed E-state index contributed by atoms with van der Waals surface area (Å²) >= 11 is 1.30. The molecule has 1 heterocycles. The van der Waals surface area contributed by atoms with Gasteiger partial charge >= 0.3 is 6.18 Å². The molecule has 1 aromatic rings. The van der Waals surface area contributed by atoms with E-state index in [2.05, 4.69) is 5.32 Å². The highest BCUT2D eigenvalue weighted by Gasteiger charge is 2.41. The molecule has 0 saturated carbocycles. The van der Waals surface area contributed by atoms with Crippen LogP contribution in [0.15, 0.2) is 5.38 Å². The Bertz CT molecular complexity index is 426. The summed E-state index contributed by atoms with van der Waals surface area (Å²) in [6.45, 7) is -0.0946. The van der Waals surface area contributed by atoms with Gasteiger partial charge < -0.3 is 5.32 Å². The maximum Gasteiger partial charge on any atom is 0.392 e. The van der Waals surface area contributed by atoms with Gasteiger partial charge in [0.2, 0.25) is 0 Å². The molecule has 1 aliphatic carbocycles. The highest BCUT2D eigenvalue weighted by Crippen LogP contribution is 2.40. The van der Waals surface area contributed by atoms with E-state index in [0.717, 1.165) is 16.0 Å². The van der Waals surface area contributed by atoms with Crippen LogP contribution in [0.3, 0.4) is 0 Å². The summed E-state index contributed by atoms with van der Waals surface area (Å²) in [5.74, 6) is -1.26. The fraction of sp³-hybridized carbons (Fsp3) is 0.667. The molecule has 1 aromatic heterocycles. The Morgan fingerprint density at radius 2 is 2.11 bits per heavy atom. The number of alkyl halides is 5. The first-order valence-corrected chi connectivity index (χ1v) is 6.89. The quantitative estimate of drug-likeness (QED) is 0.835. The minimum absolute atomic E-state index is 0.0261. The summed E-state index contributed by atoms with van der Waals surface area (Å²) in [5, 5.41) is 4.39. The Morgan fingerprint density at radius 1 is 1.37 bits per heavy atom. The highest BCUT2D eigenvalue weighted by molar-refractivity contribution is 7.10. The van der Waals surface area contributed by atoms with Crippen molar-refractivity contribution in [2.24, 2.45) is 5.92 Å². The van der Waals surface area contributed by atoms with E-state index < -0.39 is 25.1 Å². The zero-order valence-corrected chi connectivity index (χ0v) is 10.9. The van der Waals surface area contributed by atoms with Gasteiger partial charge in [-0.15, -0.1) is 11.3 Å². The summed E-state index contributed by atoms with van der Waals surface area (Å²) in [4.78, 5) is 0.752. The molecule has 0 aliphatic heterocycles. The van der Waals surface area contributed by atoms with Gasteiger partial charge in [0, 0.05) is 11.4 Å². The molecular weight excluding hydrogens is 285 g/mol. The van der Waals surface area contributed by atoms with E-state index in [1.54, 1.807) is 5.38 Å². The molecule has 0 aromatic carbocycles. The second-order valence-corrected chi connectivity index (χ2v) is 5.63. The molecule has 7 heteroatoms. The van der Waals surface area contributed by atoms with Crippen LogP contribution in [0.1, 0.15) is 22.4 Å². The average Bonchev–Trinajstić information content (AvgIpc) is 2.70. The summed E-state index contributed by atoms with van der Waals surface area (Å²) in [7, 11) is 0. The number of hydrogen-bond donors (Lipinski definition) is 1. The Kier molecular flexibility index (Phi) is 4.45. The number of halogens is 5. The molecule has 0 radical (unpaired) electrons. The molecule has 1 N–H and O–H groups in total. The predicted octanol–water partition coefficient (Wildman–Crippen LogP) is 3.77. The fourth-order valence-corrected chi connectivity index (χ4v) is 3.51. The molecule has 0 saturated heterocycles. The van der Waals surface area contributed by atoms with Crippen LogP contribution in [0, 0.1) is 5.92 Å². The molecule has 108 valence electrons. The van der Waals surface area contributed by atoms with Crippen LogP contribution in [-0.2, 0) is 19.4 Å². The van der Waals surface area contributed by atoms with E-state index in [-0.39, 0.29) is 12.8 Å². The fourth-order valence-electron chi connectivity index (χ4n) is 2.32. The normalized spacial score (nSPS) is 19.8. The number of thiophene rings is 1. The molecule has 1 aliphatic rings. The molecule has 1 nitrogen and oxygen atoms in total. The Hall–Kier alpha value is -0.690. The summed E-state index contributed by atoms with van der Waals surface area (Å²) in [5.41, 5.74) is 1.79. The topological polar surface area (TPSA) is 12.0 Å². The van der Waals surface area contributed by atoms with Gasteiger partial charge in [-0.05, 0) is 35.8 Å². The molecule has 0 fully saturated rings. The zero-order chi connectivity index (χ0) is 14.0. The van der Waals surface area contributed by atoms with E-state index in [1.807, 2.05) is 0 Å². The monoisotopic (exact) mass is 299 g/mol. The smallest absolute Gasteiger partial charge is 0.307 e. The Balaban J connectivity index is 1.99. The number of fused-ring (bicyclic) bond motifs is 1. The Labute approximate surface area is 111 Å². The second kappa shape index (κ2) is 5.75. The molecule has 2 rings (SSSR count). The lowest BCUT2D eigenvalue weighted by Gasteiger charge is -2.25. The van der Waals surface area contributed by atoms with E-state index in [9.17, 15) is 22.0 Å². The number of rotatable bonds is 4. The number of hydrogen-bond acceptors (Lipinski definition) is 2. The Morgan fingerprint density at radius 3 is 2.74 bits per heavy atom. The molecule has 19 heavy (non-hydrogen) atoms. The van der Waals surface area contributed by atoms with Crippen molar-refractivity contribution in [1.29, 1.82) is 0 Å². The molecule has 0 bridgehead atoms. The minimum Gasteiger partial charge on any atom is -0.307 e. The minimum atomic E-state index is -4.14. The van der Waals surface area contributed by atoms with Gasteiger partial charge in [-0.25, -0.2) is 8.78 Å². The lowest BCUT2D eigenvalue weighted by molar-refractivity contribution is -0.176. The lowest BCUT2D eigenvalue weighted by Crippen LogP contribution is -2.28. The largest absolute Gasteiger partial charge is 0.392 e. The van der Waals surface area contributed by atoms with Crippen LogP contribution in [0.2, 0.25) is 0 Å². The molecular formula is C12H14F5NS. The van der Waals surface area contributed by atoms with Crippen LogP contribution in [-0.4, -0.2) is 19.1 Å². The van der Waals surface area contributed by atoms with Gasteiger partial charge in [-0.3, -0.25) is 0 Å². The van der Waals surface area contributed by atoms with Crippen molar-refractivity contribution in [2.45, 2.75) is 38.4 Å². The van der Waals surface area contributed by atoms with Crippen molar-refractivity contribution in [3.05, 3.63) is 21.4 Å². The van der Waals surface area contributed by atoms with Gasteiger partial charge in [0.25, 0.3) is 6.43 Å². The van der Waals surface area contributed by atoms with E-state index in [0.29, 0.717) is 13.0 Å². The third-order valence-electron chi connectivity index (χ3n) is 3.32. The SMILES string of the molecule is FC(F)CNCc1csc2c1CCC(C(F)(F)F)C2. The van der Waals surface area contributed by atoms with Crippen molar-refractivity contribution in [3.8, 4) is 0 Å². The highest BCUT2D eigenvalue weighted by atomic mass is 32.1. The van der Waals surface area contributed by atoms with E-state index in [4.69, 9.17) is 0 Å². The van der Waals surface area contributed by atoms with Crippen molar-refractivity contribution < 1.29 is 22.0 Å². The van der Waals surface area contributed by atoms with Crippen LogP contribution < -0.4 is 5.32 Å². The van der Waals surface area contributed by atoms with Crippen molar-refractivity contribution >= 4 is 11.3 Å². The third-order valence-corrected chi connectivity index (χ3v) is 4.42. The van der Waals surface area contributed by atoms with Gasteiger partial charge in [0.15, 0.2) is 0 Å². The summed E-state index contributed by atoms with van der Waals surface area (Å²) < 4.78 is 61.9. The summed E-state index contributed by atoms with van der Waals surface area (Å²) in [6.07, 6.45) is -6.05. The molecule has 0 amide bonds. The summed E-state index contributed by atoms with van der Waals surface area (Å²) in [6, 6.07) is 0. The molecule has 1 unspecified atom stereocenters. The maximum atomic E-state index is 12.6. The van der Waals surface area contributed by atoms with Gasteiger partial charge in [0.05, 0.1) is 12.5 Å². The van der Waals surface area contributed by atoms with Gasteiger partial charge in [-0.1, -0.05) is 0 Å². The first kappa shape index (κ1) is 14.7. The molecule has 1 atom stereocenters. The van der Waals surface area contributed by atoms with Crippen LogP contribution in [0.5, 0.6) is 0 Å². The number of nitrogens with one attached hydrogen (secondary N) is 1. The van der Waals surface area contributed by atoms with Crippen molar-refractivity contribution in [2.75, 3.05) is 6.54 Å². The van der Waals surface area contributed by atoms with Crippen molar-refractivity contribution in [1.82, 2.24) is 5.32 Å². The van der Waals surface area contributed by atoms with E-state index >= 15 is 0 Å². The standard InChI is InChI=1S/C12H14F5NS/c13-11(14)5-18-4-7-6-19-10-3-8(12(15,16)17)1-2-9(7)10/h6,8,11,18H,1-5H2. The molecule has 0 spiro atoms. The van der Waals surface area contributed by atoms with Crippen LogP contribution >= 0.6 is 11.3 Å². The average molecular weight is 299 g/mol. The third kappa shape index (κ3) is 3.66. The van der Waals surface area contributed by atoms with Crippen LogP contribution in [0.4, 0.5) is 22.0 Å². The predicted molar refractivity (Wildman–Crippen MR) is 63.6 cm³/mol. The lowest BCUT2D eigenvalue weighted by atomic mass is 9.87. The first-order chi connectivity index (χ1) is 8.88. The van der Waals surface area contributed by atoms with Crippen LogP contribution in [0.25, 0.3) is 0 Å². The van der Waals surface area contributed by atoms with Gasteiger partial charge in [-0.2, -0.15) is 13.2 Å². The van der Waals surface area contributed by atoms with Crippen molar-refractivity contribution in [3.63, 3.8) is 0 Å². The second-order valence-electron chi connectivity index (χ2n) is 4.67. The van der Waals surface area contributed by atoms with Gasteiger partial charge in [0.1, 0.15) is 0 Å². The maximum absolute atomic E-state index is 12.6. The first-order valence-electron chi connectivity index (χ1n) is 6.01.